The van der Waals surface area contributed by atoms with Gasteiger partial charge in [0.25, 0.3) is 5.91 Å². The molecule has 2 heterocycles. The van der Waals surface area contributed by atoms with Crippen LogP contribution in [-0.4, -0.2) is 20.7 Å². The fourth-order valence-electron chi connectivity index (χ4n) is 1.41. The number of aromatic nitrogens is 3. The topological polar surface area (TPSA) is 59.8 Å². The maximum absolute atomic E-state index is 12.9. The van der Waals surface area contributed by atoms with E-state index < -0.39 is 11.9 Å². The lowest BCUT2D eigenvalue weighted by atomic mass is 10.3. The highest BCUT2D eigenvalue weighted by atomic mass is 19.1. The van der Waals surface area contributed by atoms with Crippen LogP contribution in [0.15, 0.2) is 30.5 Å². The largest absolute Gasteiger partial charge is 0.304 e. The number of hydrogen-bond donors (Lipinski definition) is 1. The lowest BCUT2D eigenvalue weighted by Crippen LogP contribution is -2.15. The lowest BCUT2D eigenvalue weighted by Gasteiger charge is -2.04. The van der Waals surface area contributed by atoms with Gasteiger partial charge in [-0.05, 0) is 26.0 Å². The Morgan fingerprint density at radius 1 is 1.39 bits per heavy atom. The summed E-state index contributed by atoms with van der Waals surface area (Å²) in [4.78, 5) is 15.3. The smallest absolute Gasteiger partial charge is 0.275 e. The summed E-state index contributed by atoms with van der Waals surface area (Å²) in [6, 6.07) is 5.95. The van der Waals surface area contributed by atoms with E-state index in [1.165, 1.54) is 18.2 Å². The van der Waals surface area contributed by atoms with E-state index in [-0.39, 0.29) is 11.7 Å². The molecule has 0 saturated heterocycles. The first-order valence-electron chi connectivity index (χ1n) is 5.55. The summed E-state index contributed by atoms with van der Waals surface area (Å²) in [6.45, 7) is 3.96. The Hall–Kier alpha value is -2.24. The van der Waals surface area contributed by atoms with E-state index in [9.17, 15) is 9.18 Å². The molecule has 2 aromatic heterocycles. The van der Waals surface area contributed by atoms with E-state index >= 15 is 0 Å². The molecule has 0 atom stereocenters. The minimum atomic E-state index is -0.685. The van der Waals surface area contributed by atoms with Gasteiger partial charge in [0.1, 0.15) is 5.69 Å². The molecule has 5 nitrogen and oxygen atoms in total. The number of pyridine rings is 1. The Kier molecular flexibility index (Phi) is 3.36. The van der Waals surface area contributed by atoms with E-state index in [0.29, 0.717) is 5.82 Å². The van der Waals surface area contributed by atoms with Crippen molar-refractivity contribution in [1.29, 1.82) is 0 Å². The average Bonchev–Trinajstić information content (AvgIpc) is 2.77. The van der Waals surface area contributed by atoms with Crippen LogP contribution in [0.3, 0.4) is 0 Å². The second-order valence-corrected chi connectivity index (χ2v) is 4.07. The van der Waals surface area contributed by atoms with Gasteiger partial charge in [0.05, 0.1) is 0 Å². The van der Waals surface area contributed by atoms with Crippen LogP contribution in [0, 0.1) is 5.95 Å². The van der Waals surface area contributed by atoms with Crippen molar-refractivity contribution in [2.24, 2.45) is 0 Å². The molecule has 0 unspecified atom stereocenters. The van der Waals surface area contributed by atoms with Crippen LogP contribution in [0.25, 0.3) is 0 Å². The van der Waals surface area contributed by atoms with Gasteiger partial charge in [0, 0.05) is 18.3 Å². The van der Waals surface area contributed by atoms with Crippen LogP contribution >= 0.6 is 0 Å². The van der Waals surface area contributed by atoms with Crippen LogP contribution < -0.4 is 5.32 Å². The summed E-state index contributed by atoms with van der Waals surface area (Å²) in [6.07, 6.45) is 1.76. The molecule has 0 aromatic carbocycles. The third kappa shape index (κ3) is 2.71. The molecule has 18 heavy (non-hydrogen) atoms. The number of rotatable bonds is 3. The second-order valence-electron chi connectivity index (χ2n) is 4.07. The fourth-order valence-corrected chi connectivity index (χ4v) is 1.41. The highest BCUT2D eigenvalue weighted by Crippen LogP contribution is 2.09. The first kappa shape index (κ1) is 12.2. The standard InChI is InChI=1S/C12H13FN4O/c1-8(2)17-7-6-11(16-17)15-12(18)9-4-3-5-10(13)14-9/h3-8H,1-2H3,(H,15,16,18). The van der Waals surface area contributed by atoms with E-state index in [1.807, 2.05) is 13.8 Å². The lowest BCUT2D eigenvalue weighted by molar-refractivity contribution is 0.102. The molecule has 1 amide bonds. The Labute approximate surface area is 104 Å². The fraction of sp³-hybridized carbons (Fsp3) is 0.250. The van der Waals surface area contributed by atoms with Crippen molar-refractivity contribution in [3.63, 3.8) is 0 Å². The molecule has 1 N–H and O–H groups in total. The zero-order chi connectivity index (χ0) is 13.1. The van der Waals surface area contributed by atoms with Crippen molar-refractivity contribution < 1.29 is 9.18 Å². The monoisotopic (exact) mass is 248 g/mol. The summed E-state index contributed by atoms with van der Waals surface area (Å²) in [5.74, 6) is -0.751. The highest BCUT2D eigenvalue weighted by molar-refractivity contribution is 6.02. The van der Waals surface area contributed by atoms with Crippen LogP contribution in [0.1, 0.15) is 30.4 Å². The van der Waals surface area contributed by atoms with E-state index in [4.69, 9.17) is 0 Å². The number of nitrogens with one attached hydrogen (secondary N) is 1. The quantitative estimate of drug-likeness (QED) is 0.847. The molecule has 2 rings (SSSR count). The number of carbonyl (C=O) groups excluding carboxylic acids is 1. The Morgan fingerprint density at radius 3 is 2.78 bits per heavy atom. The van der Waals surface area contributed by atoms with Gasteiger partial charge in [-0.3, -0.25) is 9.48 Å². The minimum Gasteiger partial charge on any atom is -0.304 e. The van der Waals surface area contributed by atoms with Crippen molar-refractivity contribution in [3.05, 3.63) is 42.1 Å². The first-order chi connectivity index (χ1) is 8.56. The molecule has 94 valence electrons. The van der Waals surface area contributed by atoms with Crippen LogP contribution in [-0.2, 0) is 0 Å². The van der Waals surface area contributed by atoms with Crippen molar-refractivity contribution in [2.45, 2.75) is 19.9 Å². The second kappa shape index (κ2) is 4.95. The number of amides is 1. The summed E-state index contributed by atoms with van der Waals surface area (Å²) >= 11 is 0. The van der Waals surface area contributed by atoms with Crippen molar-refractivity contribution in [2.75, 3.05) is 5.32 Å². The van der Waals surface area contributed by atoms with Gasteiger partial charge >= 0.3 is 0 Å². The maximum Gasteiger partial charge on any atom is 0.275 e. The summed E-state index contributed by atoms with van der Waals surface area (Å²) in [5, 5.41) is 6.72. The Morgan fingerprint density at radius 2 is 2.17 bits per heavy atom. The third-order valence-corrected chi connectivity index (χ3v) is 2.33. The molecule has 0 aliphatic carbocycles. The average molecular weight is 248 g/mol. The number of halogens is 1. The first-order valence-corrected chi connectivity index (χ1v) is 5.55. The zero-order valence-corrected chi connectivity index (χ0v) is 10.1. The van der Waals surface area contributed by atoms with E-state index in [2.05, 4.69) is 15.4 Å². The van der Waals surface area contributed by atoms with Crippen molar-refractivity contribution in [1.82, 2.24) is 14.8 Å². The molecule has 2 aromatic rings. The molecule has 0 radical (unpaired) electrons. The Bertz CT molecular complexity index is 565. The third-order valence-electron chi connectivity index (χ3n) is 2.33. The molecule has 0 fully saturated rings. The maximum atomic E-state index is 12.9. The van der Waals surface area contributed by atoms with Gasteiger partial charge < -0.3 is 5.32 Å². The predicted molar refractivity (Wildman–Crippen MR) is 64.8 cm³/mol. The van der Waals surface area contributed by atoms with Gasteiger partial charge in [-0.1, -0.05) is 6.07 Å². The van der Waals surface area contributed by atoms with Gasteiger partial charge in [0.15, 0.2) is 5.82 Å². The van der Waals surface area contributed by atoms with Gasteiger partial charge in [-0.2, -0.15) is 9.49 Å². The van der Waals surface area contributed by atoms with Crippen molar-refractivity contribution in [3.8, 4) is 0 Å². The summed E-state index contributed by atoms with van der Waals surface area (Å²) in [5.41, 5.74) is 0.0223. The minimum absolute atomic E-state index is 0.0223. The summed E-state index contributed by atoms with van der Waals surface area (Å²) in [7, 11) is 0. The number of anilines is 1. The SMILES string of the molecule is CC(C)n1ccc(NC(=O)c2cccc(F)n2)n1. The highest BCUT2D eigenvalue weighted by Gasteiger charge is 2.10. The van der Waals surface area contributed by atoms with Gasteiger partial charge in [-0.25, -0.2) is 4.98 Å². The Balaban J connectivity index is 2.11. The van der Waals surface area contributed by atoms with E-state index in [0.717, 1.165) is 0 Å². The van der Waals surface area contributed by atoms with Crippen LogP contribution in [0.2, 0.25) is 0 Å². The number of nitrogens with zero attached hydrogens (tertiary/aromatic N) is 3. The summed E-state index contributed by atoms with van der Waals surface area (Å²) < 4.78 is 14.6. The zero-order valence-electron chi connectivity index (χ0n) is 10.1. The molecular formula is C12H13FN4O. The predicted octanol–water partition coefficient (Wildman–Crippen LogP) is 2.25. The van der Waals surface area contributed by atoms with Crippen LogP contribution in [0.5, 0.6) is 0 Å². The molecule has 0 spiro atoms. The molecule has 0 bridgehead atoms. The molecule has 0 aliphatic rings. The van der Waals surface area contributed by atoms with Gasteiger partial charge in [0.2, 0.25) is 5.95 Å². The normalized spacial score (nSPS) is 10.7. The molecule has 6 heteroatoms. The molecule has 0 saturated carbocycles. The van der Waals surface area contributed by atoms with Gasteiger partial charge in [-0.15, -0.1) is 0 Å². The number of hydrogen-bond acceptors (Lipinski definition) is 3. The van der Waals surface area contributed by atoms with Crippen LogP contribution in [0.4, 0.5) is 10.2 Å². The number of carbonyl (C=O) groups is 1. The van der Waals surface area contributed by atoms with Crippen molar-refractivity contribution >= 4 is 11.7 Å². The molecule has 0 aliphatic heterocycles. The molecular weight excluding hydrogens is 235 g/mol. The van der Waals surface area contributed by atoms with E-state index in [1.54, 1.807) is 16.9 Å².